The second-order valence-corrected chi connectivity index (χ2v) is 8.39. The molecule has 0 atom stereocenters. The molecule has 1 aromatic carbocycles. The Bertz CT molecular complexity index is 1020. The van der Waals surface area contributed by atoms with E-state index in [1.54, 1.807) is 24.4 Å². The summed E-state index contributed by atoms with van der Waals surface area (Å²) in [5.74, 6) is 0.905. The Morgan fingerprint density at radius 2 is 2.04 bits per heavy atom. The van der Waals surface area contributed by atoms with Crippen LogP contribution in [-0.2, 0) is 9.84 Å². The molecule has 0 spiro atoms. The highest BCUT2D eigenvalue weighted by Gasteiger charge is 2.35. The van der Waals surface area contributed by atoms with Crippen LogP contribution >= 0.6 is 0 Å². The highest BCUT2D eigenvalue weighted by molar-refractivity contribution is 7.91. The molecule has 24 heavy (non-hydrogen) atoms. The van der Waals surface area contributed by atoms with Gasteiger partial charge in [0.05, 0.1) is 10.8 Å². The average Bonchev–Trinajstić information content (AvgIpc) is 2.87. The molecule has 8 heteroatoms. The summed E-state index contributed by atoms with van der Waals surface area (Å²) in [6.07, 6.45) is 2.95. The minimum absolute atomic E-state index is 0.179. The number of aromatic hydroxyl groups is 1. The zero-order chi connectivity index (χ0) is 16.9. The molecule has 0 saturated carbocycles. The van der Waals surface area contributed by atoms with E-state index in [4.69, 9.17) is 0 Å². The van der Waals surface area contributed by atoms with E-state index in [1.165, 1.54) is 6.26 Å². The third kappa shape index (κ3) is 2.48. The number of aromatic nitrogens is 3. The summed E-state index contributed by atoms with van der Waals surface area (Å²) in [4.78, 5) is 6.26. The number of sulfone groups is 1. The summed E-state index contributed by atoms with van der Waals surface area (Å²) >= 11 is 0. The molecule has 3 heterocycles. The summed E-state index contributed by atoms with van der Waals surface area (Å²) in [6, 6.07) is 8.77. The molecule has 0 amide bonds. The molecule has 0 unspecified atom stereocenters. The number of phenols is 1. The Morgan fingerprint density at radius 3 is 2.79 bits per heavy atom. The van der Waals surface area contributed by atoms with Crippen molar-refractivity contribution >= 4 is 26.6 Å². The predicted octanol–water partition coefficient (Wildman–Crippen LogP) is 1.56. The second kappa shape index (κ2) is 5.20. The number of fused-ring (bicyclic) bond motifs is 1. The van der Waals surface area contributed by atoms with Crippen LogP contribution in [0, 0.1) is 0 Å². The van der Waals surface area contributed by atoms with Crippen molar-refractivity contribution in [3.63, 3.8) is 0 Å². The number of phenolic OH excluding ortho intramolecular Hbond substituents is 1. The average molecular weight is 344 g/mol. The van der Waals surface area contributed by atoms with E-state index in [0.717, 1.165) is 28.0 Å². The molecule has 124 valence electrons. The fourth-order valence-electron chi connectivity index (χ4n) is 2.86. The highest BCUT2D eigenvalue weighted by Crippen LogP contribution is 2.31. The molecule has 1 aliphatic heterocycles. The summed E-state index contributed by atoms with van der Waals surface area (Å²) < 4.78 is 23.1. The zero-order valence-electron chi connectivity index (χ0n) is 13.0. The number of rotatable bonds is 3. The molecule has 0 aliphatic carbocycles. The van der Waals surface area contributed by atoms with Crippen LogP contribution in [0.15, 0.2) is 36.5 Å². The summed E-state index contributed by atoms with van der Waals surface area (Å²) in [5.41, 5.74) is 2.42. The van der Waals surface area contributed by atoms with E-state index >= 15 is 0 Å². The van der Waals surface area contributed by atoms with Crippen molar-refractivity contribution in [2.75, 3.05) is 24.2 Å². The number of hydrogen-bond donors (Lipinski definition) is 2. The number of hydrogen-bond acceptors (Lipinski definition) is 6. The van der Waals surface area contributed by atoms with Crippen molar-refractivity contribution in [1.82, 2.24) is 15.2 Å². The molecule has 3 aromatic rings. The summed E-state index contributed by atoms with van der Waals surface area (Å²) in [7, 11) is -3.01. The van der Waals surface area contributed by atoms with Crippen LogP contribution < -0.4 is 4.90 Å². The number of anilines is 1. The third-order valence-electron chi connectivity index (χ3n) is 4.34. The van der Waals surface area contributed by atoms with Gasteiger partial charge in [0, 0.05) is 36.5 Å². The number of H-pyrrole nitrogens is 1. The standard InChI is InChI=1S/C16H16N4O3S/c1-24(22,23)12-8-20(9-12)15-6-10(4-5-17-15)16-13-7-11(21)2-3-14(13)18-19-16/h2-7,12,21H,8-9H2,1H3,(H,18,19). The zero-order valence-corrected chi connectivity index (χ0v) is 13.8. The molecule has 0 radical (unpaired) electrons. The largest absolute Gasteiger partial charge is 0.508 e. The van der Waals surface area contributed by atoms with Gasteiger partial charge in [0.25, 0.3) is 0 Å². The van der Waals surface area contributed by atoms with Crippen LogP contribution in [0.5, 0.6) is 5.75 Å². The van der Waals surface area contributed by atoms with Crippen LogP contribution in [0.4, 0.5) is 5.82 Å². The fraction of sp³-hybridized carbons (Fsp3) is 0.250. The van der Waals surface area contributed by atoms with Gasteiger partial charge >= 0.3 is 0 Å². The van der Waals surface area contributed by atoms with Gasteiger partial charge in [-0.1, -0.05) is 0 Å². The van der Waals surface area contributed by atoms with Gasteiger partial charge in [0.2, 0.25) is 0 Å². The highest BCUT2D eigenvalue weighted by atomic mass is 32.2. The van der Waals surface area contributed by atoms with Crippen molar-refractivity contribution < 1.29 is 13.5 Å². The SMILES string of the molecule is CS(=O)(=O)C1CN(c2cc(-c3n[nH]c4ccc(O)cc34)ccn2)C1. The number of nitrogens with zero attached hydrogens (tertiary/aromatic N) is 3. The van der Waals surface area contributed by atoms with E-state index in [9.17, 15) is 13.5 Å². The number of benzene rings is 1. The maximum absolute atomic E-state index is 11.5. The Morgan fingerprint density at radius 1 is 1.25 bits per heavy atom. The minimum Gasteiger partial charge on any atom is -0.508 e. The van der Waals surface area contributed by atoms with E-state index in [1.807, 2.05) is 17.0 Å². The first-order valence-electron chi connectivity index (χ1n) is 7.49. The lowest BCUT2D eigenvalue weighted by Gasteiger charge is -2.38. The van der Waals surface area contributed by atoms with Crippen molar-refractivity contribution in [2.45, 2.75) is 5.25 Å². The Balaban J connectivity index is 1.67. The summed E-state index contributed by atoms with van der Waals surface area (Å²) in [5, 5.41) is 17.5. The van der Waals surface area contributed by atoms with Gasteiger partial charge in [-0.25, -0.2) is 13.4 Å². The molecule has 2 N–H and O–H groups in total. The van der Waals surface area contributed by atoms with Gasteiger partial charge in [-0.3, -0.25) is 5.10 Å². The molecular weight excluding hydrogens is 328 g/mol. The topological polar surface area (TPSA) is 99.2 Å². The predicted molar refractivity (Wildman–Crippen MR) is 91.8 cm³/mol. The second-order valence-electron chi connectivity index (χ2n) is 6.06. The van der Waals surface area contributed by atoms with Gasteiger partial charge in [0.1, 0.15) is 17.3 Å². The number of aromatic amines is 1. The van der Waals surface area contributed by atoms with E-state index in [-0.39, 0.29) is 11.0 Å². The molecule has 2 aromatic heterocycles. The maximum Gasteiger partial charge on any atom is 0.153 e. The number of pyridine rings is 1. The van der Waals surface area contributed by atoms with Crippen LogP contribution in [0.2, 0.25) is 0 Å². The Kier molecular flexibility index (Phi) is 3.24. The molecule has 7 nitrogen and oxygen atoms in total. The molecule has 4 rings (SSSR count). The van der Waals surface area contributed by atoms with Gasteiger partial charge in [-0.15, -0.1) is 0 Å². The van der Waals surface area contributed by atoms with Crippen molar-refractivity contribution in [1.29, 1.82) is 0 Å². The van der Waals surface area contributed by atoms with Gasteiger partial charge in [-0.05, 0) is 30.3 Å². The van der Waals surface area contributed by atoms with Crippen LogP contribution in [-0.4, -0.2) is 53.3 Å². The molecule has 1 saturated heterocycles. The summed E-state index contributed by atoms with van der Waals surface area (Å²) in [6.45, 7) is 0.911. The third-order valence-corrected chi connectivity index (χ3v) is 5.85. The van der Waals surface area contributed by atoms with Crippen LogP contribution in [0.3, 0.4) is 0 Å². The maximum atomic E-state index is 11.5. The molecule has 1 fully saturated rings. The lowest BCUT2D eigenvalue weighted by atomic mass is 10.1. The first-order chi connectivity index (χ1) is 11.4. The van der Waals surface area contributed by atoms with Crippen molar-refractivity contribution in [3.05, 3.63) is 36.5 Å². The van der Waals surface area contributed by atoms with Crippen molar-refractivity contribution in [2.24, 2.45) is 0 Å². The first kappa shape index (κ1) is 14.9. The molecular formula is C16H16N4O3S. The molecule has 0 bridgehead atoms. The minimum atomic E-state index is -3.01. The van der Waals surface area contributed by atoms with Crippen LogP contribution in [0.25, 0.3) is 22.2 Å². The van der Waals surface area contributed by atoms with E-state index in [2.05, 4.69) is 15.2 Å². The van der Waals surface area contributed by atoms with Gasteiger partial charge < -0.3 is 10.0 Å². The fourth-order valence-corrected chi connectivity index (χ4v) is 3.76. The van der Waals surface area contributed by atoms with E-state index in [0.29, 0.717) is 13.1 Å². The quantitative estimate of drug-likeness (QED) is 0.748. The molecule has 1 aliphatic rings. The monoisotopic (exact) mass is 344 g/mol. The normalized spacial score (nSPS) is 15.6. The first-order valence-corrected chi connectivity index (χ1v) is 9.44. The lowest BCUT2D eigenvalue weighted by molar-refractivity contribution is 0.476. The van der Waals surface area contributed by atoms with Gasteiger partial charge in [0.15, 0.2) is 9.84 Å². The van der Waals surface area contributed by atoms with Crippen molar-refractivity contribution in [3.8, 4) is 17.0 Å². The van der Waals surface area contributed by atoms with Gasteiger partial charge in [-0.2, -0.15) is 5.10 Å². The van der Waals surface area contributed by atoms with Crippen LogP contribution in [0.1, 0.15) is 0 Å². The lowest BCUT2D eigenvalue weighted by Crippen LogP contribution is -2.54. The number of nitrogens with one attached hydrogen (secondary N) is 1. The van der Waals surface area contributed by atoms with E-state index < -0.39 is 9.84 Å². The Hall–Kier alpha value is -2.61. The Labute approximate surface area is 138 Å². The smallest absolute Gasteiger partial charge is 0.153 e.